The summed E-state index contributed by atoms with van der Waals surface area (Å²) in [7, 11) is -3.01. The first-order chi connectivity index (χ1) is 13.9. The number of aryl methyl sites for hydroxylation is 1. The summed E-state index contributed by atoms with van der Waals surface area (Å²) in [5.41, 5.74) is 1.40. The summed E-state index contributed by atoms with van der Waals surface area (Å²) in [5, 5.41) is 2.10. The van der Waals surface area contributed by atoms with E-state index in [-0.39, 0.29) is 17.5 Å². The van der Waals surface area contributed by atoms with Gasteiger partial charge < -0.3 is 18.8 Å². The van der Waals surface area contributed by atoms with E-state index in [1.165, 1.54) is 0 Å². The van der Waals surface area contributed by atoms with Gasteiger partial charge in [0, 0.05) is 29.8 Å². The lowest BCUT2D eigenvalue weighted by molar-refractivity contribution is -0.0770. The van der Waals surface area contributed by atoms with Crippen molar-refractivity contribution in [2.45, 2.75) is 37.8 Å². The molecule has 2 saturated heterocycles. The third-order valence-electron chi connectivity index (χ3n) is 5.86. The number of fused-ring (bicyclic) bond motifs is 1. The maximum atomic E-state index is 12.1. The number of ether oxygens (including phenoxy) is 3. The van der Waals surface area contributed by atoms with Crippen LogP contribution in [0.2, 0.25) is 0 Å². The lowest BCUT2D eigenvalue weighted by Gasteiger charge is -2.38. The van der Waals surface area contributed by atoms with Gasteiger partial charge in [0.25, 0.3) is 0 Å². The van der Waals surface area contributed by atoms with Gasteiger partial charge >= 0.3 is 0 Å². The summed E-state index contributed by atoms with van der Waals surface area (Å²) < 4.78 is 43.6. The Morgan fingerprint density at radius 1 is 1.21 bits per heavy atom. The second-order valence-electron chi connectivity index (χ2n) is 7.99. The lowest BCUT2D eigenvalue weighted by Crippen LogP contribution is -2.43. The van der Waals surface area contributed by atoms with Crippen LogP contribution in [0.4, 0.5) is 5.69 Å². The van der Waals surface area contributed by atoms with Crippen LogP contribution in [-0.4, -0.2) is 49.9 Å². The zero-order valence-electron chi connectivity index (χ0n) is 16.3. The summed E-state index contributed by atoms with van der Waals surface area (Å²) >= 11 is 1.60. The molecule has 1 aromatic carbocycles. The first-order valence-corrected chi connectivity index (χ1v) is 12.6. The molecule has 9 heteroatoms. The van der Waals surface area contributed by atoms with E-state index in [0.717, 1.165) is 34.1 Å². The Hall–Kier alpha value is -1.84. The molecule has 4 heterocycles. The van der Waals surface area contributed by atoms with Crippen molar-refractivity contribution >= 4 is 26.9 Å². The molecule has 7 nitrogen and oxygen atoms in total. The Morgan fingerprint density at radius 2 is 2.03 bits per heavy atom. The van der Waals surface area contributed by atoms with Gasteiger partial charge in [-0.25, -0.2) is 13.4 Å². The number of aromatic nitrogens is 1. The van der Waals surface area contributed by atoms with Crippen LogP contribution in [0.5, 0.6) is 11.5 Å². The summed E-state index contributed by atoms with van der Waals surface area (Å²) in [4.78, 5) is 5.78. The zero-order valence-corrected chi connectivity index (χ0v) is 17.9. The van der Waals surface area contributed by atoms with Crippen molar-refractivity contribution < 1.29 is 22.6 Å². The highest BCUT2D eigenvalue weighted by Gasteiger charge is 2.47. The van der Waals surface area contributed by atoms with E-state index < -0.39 is 15.4 Å². The second kappa shape index (κ2) is 7.14. The number of hydrogen-bond acceptors (Lipinski definition) is 7. The fourth-order valence-electron chi connectivity index (χ4n) is 4.52. The van der Waals surface area contributed by atoms with Crippen molar-refractivity contribution in [3.63, 3.8) is 0 Å². The van der Waals surface area contributed by atoms with Gasteiger partial charge in [-0.05, 0) is 38.3 Å². The van der Waals surface area contributed by atoms with Crippen LogP contribution in [0.3, 0.4) is 0 Å². The molecule has 2 fully saturated rings. The minimum Gasteiger partial charge on any atom is -0.486 e. The van der Waals surface area contributed by atoms with Gasteiger partial charge in [-0.1, -0.05) is 0 Å². The van der Waals surface area contributed by atoms with Crippen LogP contribution in [0.15, 0.2) is 28.6 Å². The van der Waals surface area contributed by atoms with E-state index in [0.29, 0.717) is 32.7 Å². The molecule has 0 amide bonds. The summed E-state index contributed by atoms with van der Waals surface area (Å²) in [6.45, 7) is 3.76. The second-order valence-corrected chi connectivity index (χ2v) is 11.0. The average Bonchev–Trinajstić information content (AvgIpc) is 3.20. The molecule has 29 heavy (non-hydrogen) atoms. The van der Waals surface area contributed by atoms with Crippen molar-refractivity contribution in [3.05, 3.63) is 34.1 Å². The molecule has 1 spiro atoms. The fraction of sp³-hybridized carbons (Fsp3) is 0.550. The van der Waals surface area contributed by atoms with Gasteiger partial charge in [0.1, 0.15) is 13.2 Å². The topological polar surface area (TPSA) is 79.1 Å². The molecule has 2 aromatic rings. The van der Waals surface area contributed by atoms with E-state index in [1.807, 2.05) is 18.2 Å². The predicted molar refractivity (Wildman–Crippen MR) is 110 cm³/mol. The van der Waals surface area contributed by atoms with Gasteiger partial charge in [0.2, 0.25) is 0 Å². The van der Waals surface area contributed by atoms with E-state index in [4.69, 9.17) is 19.2 Å². The molecular weight excluding hydrogens is 412 g/mol. The molecule has 5 rings (SSSR count). The molecule has 3 aliphatic rings. The van der Waals surface area contributed by atoms with Gasteiger partial charge in [-0.2, -0.15) is 0 Å². The third-order valence-corrected chi connectivity index (χ3v) is 8.61. The van der Waals surface area contributed by atoms with Gasteiger partial charge in [0.05, 0.1) is 22.8 Å². The minimum atomic E-state index is -3.01. The Bertz CT molecular complexity index is 1100. The molecule has 0 bridgehead atoms. The molecule has 2 atom stereocenters. The third kappa shape index (κ3) is 3.71. The summed E-state index contributed by atoms with van der Waals surface area (Å²) in [6.07, 6.45) is 2.15. The van der Waals surface area contributed by atoms with Gasteiger partial charge in [-0.15, -0.1) is 11.3 Å². The van der Waals surface area contributed by atoms with Crippen LogP contribution in [-0.2, 0) is 14.6 Å². The maximum Gasteiger partial charge on any atom is 0.190 e. The Kier molecular flexibility index (Phi) is 4.71. The molecule has 156 valence electrons. The molecular formula is C20H24N2O5S2. The van der Waals surface area contributed by atoms with E-state index in [1.54, 1.807) is 11.3 Å². The number of thiazole rings is 1. The highest BCUT2D eigenvalue weighted by Crippen LogP contribution is 2.40. The van der Waals surface area contributed by atoms with Crippen LogP contribution in [0, 0.1) is 6.92 Å². The molecule has 0 N–H and O–H groups in total. The quantitative estimate of drug-likeness (QED) is 0.723. The van der Waals surface area contributed by atoms with Gasteiger partial charge in [-0.3, -0.25) is 0 Å². The van der Waals surface area contributed by atoms with Gasteiger partial charge in [0.15, 0.2) is 26.1 Å². The predicted octanol–water partition coefficient (Wildman–Crippen LogP) is 2.77. The van der Waals surface area contributed by atoms with Crippen molar-refractivity contribution in [3.8, 4) is 11.5 Å². The SMILES string of the molecule is Cc1csc(=Nc2ccc3c(c2)OCCO3)n1C1CCOC2(CCS(=O)(=O)C2)C1. The summed E-state index contributed by atoms with van der Waals surface area (Å²) in [5.74, 6) is 1.83. The molecule has 0 radical (unpaired) electrons. The van der Waals surface area contributed by atoms with Crippen LogP contribution in [0.1, 0.15) is 31.0 Å². The molecule has 2 unspecified atom stereocenters. The van der Waals surface area contributed by atoms with Crippen molar-refractivity contribution in [2.24, 2.45) is 4.99 Å². The lowest BCUT2D eigenvalue weighted by atomic mass is 9.89. The van der Waals surface area contributed by atoms with Crippen molar-refractivity contribution in [1.82, 2.24) is 4.57 Å². The fourth-order valence-corrected chi connectivity index (χ4v) is 7.45. The maximum absolute atomic E-state index is 12.1. The van der Waals surface area contributed by atoms with Crippen LogP contribution < -0.4 is 14.3 Å². The summed E-state index contributed by atoms with van der Waals surface area (Å²) in [6, 6.07) is 5.91. The molecule has 3 aliphatic heterocycles. The zero-order chi connectivity index (χ0) is 20.1. The largest absolute Gasteiger partial charge is 0.486 e. The monoisotopic (exact) mass is 436 g/mol. The number of hydrogen-bond donors (Lipinski definition) is 0. The highest BCUT2D eigenvalue weighted by molar-refractivity contribution is 7.91. The Labute approximate surface area is 173 Å². The molecule has 1 aromatic heterocycles. The molecule has 0 saturated carbocycles. The normalized spacial score (nSPS) is 28.7. The van der Waals surface area contributed by atoms with Crippen LogP contribution >= 0.6 is 11.3 Å². The highest BCUT2D eigenvalue weighted by atomic mass is 32.2. The van der Waals surface area contributed by atoms with Crippen molar-refractivity contribution in [2.75, 3.05) is 31.3 Å². The number of nitrogens with zero attached hydrogens (tertiary/aromatic N) is 2. The smallest absolute Gasteiger partial charge is 0.190 e. The van der Waals surface area contributed by atoms with E-state index in [2.05, 4.69) is 16.9 Å². The Balaban J connectivity index is 1.48. The average molecular weight is 437 g/mol. The van der Waals surface area contributed by atoms with E-state index >= 15 is 0 Å². The Morgan fingerprint density at radius 3 is 2.83 bits per heavy atom. The number of sulfone groups is 1. The standard InChI is InChI=1S/C20H24N2O5S2/c1-14-12-28-19(21-15-2-3-17-18(10-15)26-8-7-25-17)22(14)16-4-6-27-20(11-16)5-9-29(23,24)13-20/h2-3,10,12,16H,4-9,11,13H2,1H3. The van der Waals surface area contributed by atoms with Crippen molar-refractivity contribution in [1.29, 1.82) is 0 Å². The minimum absolute atomic E-state index is 0.134. The first kappa shape index (κ1) is 19.1. The first-order valence-electron chi connectivity index (χ1n) is 9.89. The van der Waals surface area contributed by atoms with Crippen LogP contribution in [0.25, 0.3) is 0 Å². The molecule has 0 aliphatic carbocycles. The number of benzene rings is 1. The number of rotatable bonds is 2. The van der Waals surface area contributed by atoms with E-state index in [9.17, 15) is 8.42 Å².